The zero-order valence-electron chi connectivity index (χ0n) is 18.4. The highest BCUT2D eigenvalue weighted by atomic mass is 35.5. The van der Waals surface area contributed by atoms with E-state index in [0.29, 0.717) is 30.6 Å². The molecule has 1 aromatic carbocycles. The molecule has 2 aromatic heterocycles. The van der Waals surface area contributed by atoms with E-state index in [0.717, 1.165) is 26.0 Å². The number of imidazole rings is 1. The lowest BCUT2D eigenvalue weighted by molar-refractivity contribution is -0.137. The fourth-order valence-electron chi connectivity index (χ4n) is 3.18. The van der Waals surface area contributed by atoms with Gasteiger partial charge in [-0.1, -0.05) is 6.07 Å². The highest BCUT2D eigenvalue weighted by Crippen LogP contribution is 2.34. The molecule has 0 aliphatic heterocycles. The number of unbranched alkanes of at least 4 members (excludes halogenated alkanes) is 1. The minimum atomic E-state index is -4.64. The molecule has 3 rings (SSSR count). The van der Waals surface area contributed by atoms with E-state index in [1.165, 1.54) is 6.07 Å². The summed E-state index contributed by atoms with van der Waals surface area (Å²) >= 11 is 5.83. The van der Waals surface area contributed by atoms with E-state index in [-0.39, 0.29) is 35.4 Å². The summed E-state index contributed by atoms with van der Waals surface area (Å²) < 4.78 is 60.5. The van der Waals surface area contributed by atoms with Crippen molar-refractivity contribution in [3.05, 3.63) is 46.5 Å². The Balaban J connectivity index is 1.48. The normalized spacial score (nSPS) is 12.2. The molecular weight excluding hydrogens is 480 g/mol. The topological polar surface area (TPSA) is 108 Å². The van der Waals surface area contributed by atoms with Crippen LogP contribution in [0.1, 0.15) is 43.4 Å². The van der Waals surface area contributed by atoms with Gasteiger partial charge in [-0.05, 0) is 61.5 Å². The van der Waals surface area contributed by atoms with Crippen molar-refractivity contribution < 1.29 is 27.1 Å². The number of aromatic nitrogens is 4. The first-order valence-corrected chi connectivity index (χ1v) is 10.7. The highest BCUT2D eigenvalue weighted by Gasteiger charge is 2.33. The first-order chi connectivity index (χ1) is 15.8. The number of alkyl carbamates (subject to hydrolysis) is 1. The van der Waals surface area contributed by atoms with Gasteiger partial charge in [0.05, 0.1) is 18.5 Å². The van der Waals surface area contributed by atoms with Crippen LogP contribution in [0, 0.1) is 0 Å². The van der Waals surface area contributed by atoms with Gasteiger partial charge >= 0.3 is 12.3 Å². The summed E-state index contributed by atoms with van der Waals surface area (Å²) in [6.45, 7) is 2.69. The lowest BCUT2D eigenvalue weighted by Crippen LogP contribution is -2.25. The molecule has 0 unspecified atom stereocenters. The number of nitrogens with one attached hydrogen (secondary N) is 1. The molecule has 1 amide bonds. The maximum atomic E-state index is 14.2. The Hall–Kier alpha value is -3.15. The zero-order chi connectivity index (χ0) is 25.1. The number of benzene rings is 1. The predicted molar refractivity (Wildman–Crippen MR) is 118 cm³/mol. The first kappa shape index (κ1) is 25.5. The third-order valence-electron chi connectivity index (χ3n) is 4.93. The van der Waals surface area contributed by atoms with Gasteiger partial charge in [0.15, 0.2) is 11.5 Å². The van der Waals surface area contributed by atoms with E-state index >= 15 is 0 Å². The number of hydrogen-bond acceptors (Lipinski definition) is 6. The van der Waals surface area contributed by atoms with Gasteiger partial charge in [-0.15, -0.1) is 0 Å². The molecule has 0 saturated heterocycles. The number of amides is 1. The van der Waals surface area contributed by atoms with Gasteiger partial charge in [0.25, 0.3) is 0 Å². The number of fused-ring (bicyclic) bond motifs is 1. The van der Waals surface area contributed by atoms with Crippen LogP contribution >= 0.6 is 11.6 Å². The van der Waals surface area contributed by atoms with Crippen LogP contribution in [0.5, 0.6) is 0 Å². The Morgan fingerprint density at radius 2 is 1.85 bits per heavy atom. The minimum absolute atomic E-state index is 0.00900. The first-order valence-electron chi connectivity index (χ1n) is 10.3. The third-order valence-corrected chi connectivity index (χ3v) is 5.10. The molecule has 13 heteroatoms. The lowest BCUT2D eigenvalue weighted by atomic mass is 9.95. The van der Waals surface area contributed by atoms with E-state index in [4.69, 9.17) is 22.1 Å². The number of anilines is 1. The van der Waals surface area contributed by atoms with Gasteiger partial charge < -0.3 is 20.4 Å². The summed E-state index contributed by atoms with van der Waals surface area (Å²) in [7, 11) is 0. The van der Waals surface area contributed by atoms with Gasteiger partial charge in [0, 0.05) is 13.1 Å². The predicted octanol–water partition coefficient (Wildman–Crippen LogP) is 4.99. The van der Waals surface area contributed by atoms with Crippen molar-refractivity contribution in [2.45, 2.75) is 51.6 Å². The molecule has 184 valence electrons. The number of nitrogen functional groups attached to an aromatic ring is 1. The number of nitrogens with two attached hydrogens (primary N) is 1. The fraction of sp³-hybridized carbons (Fsp3) is 0.429. The maximum Gasteiger partial charge on any atom is 0.416 e. The minimum Gasteiger partial charge on any atom is -0.450 e. The average molecular weight is 503 g/mol. The Labute approximate surface area is 197 Å². The molecule has 8 nitrogen and oxygen atoms in total. The second kappa shape index (κ2) is 10.00. The molecule has 34 heavy (non-hydrogen) atoms. The standard InChI is InChI=1S/C21H23ClF4N6O2/c1-20(2,23)13-7-12(8-14(9-13)21(24,25)26)10-28-19(33)34-6-4-3-5-32-11-29-15-16(27)30-18(22)31-17(15)32/h7-9,11H,3-6,10H2,1-2H3,(H,28,33)(H2,27,30,31). The summed E-state index contributed by atoms with van der Waals surface area (Å²) in [5, 5.41) is 2.39. The molecule has 0 radical (unpaired) electrons. The Bertz CT molecular complexity index is 1140. The number of carbonyl (C=O) groups is 1. The molecule has 0 fully saturated rings. The summed E-state index contributed by atoms with van der Waals surface area (Å²) in [5.74, 6) is 0.178. The van der Waals surface area contributed by atoms with Crippen molar-refractivity contribution >= 4 is 34.7 Å². The van der Waals surface area contributed by atoms with Crippen LogP contribution in [0.15, 0.2) is 24.5 Å². The SMILES string of the molecule is CC(C)(F)c1cc(CNC(=O)OCCCCn2cnc3c(N)nc(Cl)nc32)cc(C(F)(F)F)c1. The number of halogens is 5. The van der Waals surface area contributed by atoms with Crippen LogP contribution in [0.4, 0.5) is 28.2 Å². The number of hydrogen-bond donors (Lipinski definition) is 2. The smallest absolute Gasteiger partial charge is 0.416 e. The van der Waals surface area contributed by atoms with Gasteiger partial charge in [0.2, 0.25) is 5.28 Å². The van der Waals surface area contributed by atoms with E-state index in [9.17, 15) is 22.4 Å². The van der Waals surface area contributed by atoms with Crippen LogP contribution in [-0.4, -0.2) is 32.2 Å². The summed E-state index contributed by atoms with van der Waals surface area (Å²) in [5.41, 5.74) is 3.71. The number of rotatable bonds is 8. The van der Waals surface area contributed by atoms with E-state index in [1.54, 1.807) is 10.9 Å². The van der Waals surface area contributed by atoms with Crippen LogP contribution in [-0.2, 0) is 29.7 Å². The molecule has 3 aromatic rings. The molecule has 0 spiro atoms. The number of carbonyl (C=O) groups excluding carboxylic acids is 1. The molecule has 2 heterocycles. The van der Waals surface area contributed by atoms with Crippen LogP contribution in [0.25, 0.3) is 11.2 Å². The second-order valence-electron chi connectivity index (χ2n) is 8.07. The lowest BCUT2D eigenvalue weighted by Gasteiger charge is -2.19. The average Bonchev–Trinajstić information content (AvgIpc) is 3.13. The molecule has 0 aliphatic carbocycles. The fourth-order valence-corrected chi connectivity index (χ4v) is 3.35. The van der Waals surface area contributed by atoms with E-state index in [2.05, 4.69) is 20.3 Å². The molecule has 0 aliphatic rings. The quantitative estimate of drug-likeness (QED) is 0.255. The van der Waals surface area contributed by atoms with E-state index < -0.39 is 23.5 Å². The highest BCUT2D eigenvalue weighted by molar-refractivity contribution is 6.28. The van der Waals surface area contributed by atoms with Crippen molar-refractivity contribution in [3.63, 3.8) is 0 Å². The largest absolute Gasteiger partial charge is 0.450 e. The molecule has 0 saturated carbocycles. The Morgan fingerprint density at radius 3 is 2.53 bits per heavy atom. The number of ether oxygens (including phenoxy) is 1. The number of nitrogens with zero attached hydrogens (tertiary/aromatic N) is 4. The van der Waals surface area contributed by atoms with Gasteiger partial charge in [0.1, 0.15) is 11.2 Å². The number of alkyl halides is 4. The van der Waals surface area contributed by atoms with Crippen molar-refractivity contribution in [2.24, 2.45) is 0 Å². The Morgan fingerprint density at radius 1 is 1.15 bits per heavy atom. The summed E-state index contributed by atoms with van der Waals surface area (Å²) in [6.07, 6.45) is -2.76. The number of aryl methyl sites for hydroxylation is 1. The maximum absolute atomic E-state index is 14.2. The second-order valence-corrected chi connectivity index (χ2v) is 8.41. The molecule has 0 bridgehead atoms. The molecular formula is C21H23ClF4N6O2. The van der Waals surface area contributed by atoms with Crippen molar-refractivity contribution in [1.82, 2.24) is 24.8 Å². The van der Waals surface area contributed by atoms with Crippen molar-refractivity contribution in [2.75, 3.05) is 12.3 Å². The van der Waals surface area contributed by atoms with Crippen molar-refractivity contribution in [1.29, 1.82) is 0 Å². The zero-order valence-corrected chi connectivity index (χ0v) is 19.2. The van der Waals surface area contributed by atoms with Crippen LogP contribution in [0.2, 0.25) is 5.28 Å². The molecule has 0 atom stereocenters. The van der Waals surface area contributed by atoms with E-state index in [1.807, 2.05) is 0 Å². The van der Waals surface area contributed by atoms with Gasteiger partial charge in [-0.3, -0.25) is 0 Å². The monoisotopic (exact) mass is 502 g/mol. The van der Waals surface area contributed by atoms with Crippen LogP contribution < -0.4 is 11.1 Å². The van der Waals surface area contributed by atoms with Crippen molar-refractivity contribution in [3.8, 4) is 0 Å². The van der Waals surface area contributed by atoms with Crippen LogP contribution in [0.3, 0.4) is 0 Å². The molecule has 3 N–H and O–H groups in total. The van der Waals surface area contributed by atoms with Gasteiger partial charge in [-0.25, -0.2) is 14.2 Å². The third kappa shape index (κ3) is 6.46. The van der Waals surface area contributed by atoms with Gasteiger partial charge in [-0.2, -0.15) is 23.1 Å². The Kier molecular flexibility index (Phi) is 7.49. The summed E-state index contributed by atoms with van der Waals surface area (Å²) in [6, 6.07) is 2.92. The summed E-state index contributed by atoms with van der Waals surface area (Å²) in [4.78, 5) is 24.0.